The Hall–Kier alpha value is -2.99. The number of amides is 2. The van der Waals surface area contributed by atoms with E-state index in [-0.39, 0.29) is 23.7 Å². The summed E-state index contributed by atoms with van der Waals surface area (Å²) in [5.74, 6) is -0.757. The number of benzene rings is 2. The number of fused-ring (bicyclic) bond motifs is 1. The molecule has 2 atom stereocenters. The minimum atomic E-state index is -0.327. The van der Waals surface area contributed by atoms with Crippen molar-refractivity contribution in [3.63, 3.8) is 0 Å². The molecule has 2 unspecified atom stereocenters. The summed E-state index contributed by atoms with van der Waals surface area (Å²) in [5.41, 5.74) is 6.57. The van der Waals surface area contributed by atoms with Crippen molar-refractivity contribution in [1.29, 1.82) is 0 Å². The van der Waals surface area contributed by atoms with Crippen LogP contribution in [0.1, 0.15) is 34.1 Å². The summed E-state index contributed by atoms with van der Waals surface area (Å²) in [6, 6.07) is 16.8. The van der Waals surface area contributed by atoms with Gasteiger partial charge in [-0.25, -0.2) is 4.98 Å². The van der Waals surface area contributed by atoms with Crippen LogP contribution in [0.3, 0.4) is 0 Å². The molecule has 0 bridgehead atoms. The van der Waals surface area contributed by atoms with Crippen LogP contribution in [0.5, 0.6) is 0 Å². The molecule has 136 valence electrons. The smallest absolute Gasteiger partial charge is 0.269 e. The number of hydrogen-bond acceptors (Lipinski definition) is 4. The summed E-state index contributed by atoms with van der Waals surface area (Å²) in [6.07, 6.45) is 5.52. The summed E-state index contributed by atoms with van der Waals surface area (Å²) in [4.78, 5) is 29.6. The normalized spacial score (nSPS) is 19.0. The second-order valence-corrected chi connectivity index (χ2v) is 7.55. The highest BCUT2D eigenvalue weighted by molar-refractivity contribution is 7.18. The molecule has 27 heavy (non-hydrogen) atoms. The SMILES string of the molecule is O=C(NNC(=O)C1CC=CCC1c1nc2ccccc2s1)c1ccccc1. The third-order valence-corrected chi connectivity index (χ3v) is 5.90. The number of nitrogens with one attached hydrogen (secondary N) is 2. The minimum Gasteiger partial charge on any atom is -0.273 e. The van der Waals surface area contributed by atoms with Gasteiger partial charge in [-0.2, -0.15) is 0 Å². The Morgan fingerprint density at radius 2 is 1.67 bits per heavy atom. The number of nitrogens with zero attached hydrogens (tertiary/aromatic N) is 1. The van der Waals surface area contributed by atoms with Gasteiger partial charge in [0.15, 0.2) is 0 Å². The molecule has 2 amide bonds. The fraction of sp³-hybridized carbons (Fsp3) is 0.190. The van der Waals surface area contributed by atoms with Crippen LogP contribution in [-0.2, 0) is 4.79 Å². The molecule has 1 aliphatic rings. The van der Waals surface area contributed by atoms with Gasteiger partial charge in [-0.15, -0.1) is 11.3 Å². The van der Waals surface area contributed by atoms with Crippen molar-refractivity contribution in [2.75, 3.05) is 0 Å². The van der Waals surface area contributed by atoms with E-state index in [1.807, 2.05) is 36.4 Å². The number of carbonyl (C=O) groups excluding carboxylic acids is 2. The molecule has 2 aromatic carbocycles. The van der Waals surface area contributed by atoms with E-state index >= 15 is 0 Å². The highest BCUT2D eigenvalue weighted by atomic mass is 32.1. The number of rotatable bonds is 3. The van der Waals surface area contributed by atoms with E-state index in [0.29, 0.717) is 12.0 Å². The number of para-hydroxylation sites is 1. The lowest BCUT2D eigenvalue weighted by molar-refractivity contribution is -0.126. The highest BCUT2D eigenvalue weighted by Crippen LogP contribution is 2.38. The maximum atomic E-state index is 12.7. The molecular weight excluding hydrogens is 358 g/mol. The third-order valence-electron chi connectivity index (χ3n) is 4.73. The molecule has 0 spiro atoms. The van der Waals surface area contributed by atoms with Gasteiger partial charge >= 0.3 is 0 Å². The van der Waals surface area contributed by atoms with Crippen molar-refractivity contribution in [1.82, 2.24) is 15.8 Å². The Morgan fingerprint density at radius 3 is 2.48 bits per heavy atom. The summed E-state index contributed by atoms with van der Waals surface area (Å²) >= 11 is 1.63. The Labute approximate surface area is 161 Å². The summed E-state index contributed by atoms with van der Waals surface area (Å²) in [7, 11) is 0. The third kappa shape index (κ3) is 3.75. The largest absolute Gasteiger partial charge is 0.273 e. The standard InChI is InChI=1S/C21H19N3O2S/c25-19(14-8-2-1-3-9-14)23-24-20(26)15-10-4-5-11-16(15)21-22-17-12-6-7-13-18(17)27-21/h1-9,12-13,15-16H,10-11H2,(H,23,25)(H,24,26). The van der Waals surface area contributed by atoms with Gasteiger partial charge in [0.25, 0.3) is 5.91 Å². The predicted octanol–water partition coefficient (Wildman–Crippen LogP) is 3.81. The molecule has 0 aliphatic heterocycles. The Balaban J connectivity index is 1.48. The van der Waals surface area contributed by atoms with Gasteiger partial charge in [-0.05, 0) is 37.1 Å². The van der Waals surface area contributed by atoms with E-state index in [2.05, 4.69) is 16.9 Å². The van der Waals surface area contributed by atoms with Crippen LogP contribution in [0.25, 0.3) is 10.2 Å². The molecule has 0 radical (unpaired) electrons. The van der Waals surface area contributed by atoms with Gasteiger partial charge in [0, 0.05) is 11.5 Å². The molecule has 4 rings (SSSR count). The van der Waals surface area contributed by atoms with Crippen molar-refractivity contribution in [3.05, 3.63) is 77.3 Å². The van der Waals surface area contributed by atoms with Crippen molar-refractivity contribution in [3.8, 4) is 0 Å². The minimum absolute atomic E-state index is 0.0148. The fourth-order valence-corrected chi connectivity index (χ4v) is 4.44. The molecule has 0 saturated heterocycles. The van der Waals surface area contributed by atoms with Crippen LogP contribution >= 0.6 is 11.3 Å². The molecule has 1 aromatic heterocycles. The van der Waals surface area contributed by atoms with Crippen molar-refractivity contribution in [2.45, 2.75) is 18.8 Å². The van der Waals surface area contributed by atoms with Gasteiger partial charge in [0.1, 0.15) is 0 Å². The van der Waals surface area contributed by atoms with Crippen LogP contribution in [0, 0.1) is 5.92 Å². The monoisotopic (exact) mass is 377 g/mol. The van der Waals surface area contributed by atoms with Crippen LogP contribution in [-0.4, -0.2) is 16.8 Å². The van der Waals surface area contributed by atoms with Crippen LogP contribution in [0.4, 0.5) is 0 Å². The zero-order chi connectivity index (χ0) is 18.6. The second-order valence-electron chi connectivity index (χ2n) is 6.49. The zero-order valence-electron chi connectivity index (χ0n) is 14.6. The average molecular weight is 377 g/mol. The molecule has 1 aliphatic carbocycles. The highest BCUT2D eigenvalue weighted by Gasteiger charge is 2.32. The van der Waals surface area contributed by atoms with Gasteiger partial charge in [0.2, 0.25) is 5.91 Å². The summed E-state index contributed by atoms with van der Waals surface area (Å²) < 4.78 is 1.12. The van der Waals surface area contributed by atoms with Crippen LogP contribution in [0.2, 0.25) is 0 Å². The van der Waals surface area contributed by atoms with Crippen LogP contribution < -0.4 is 10.9 Å². The Bertz CT molecular complexity index is 964. The van der Waals surface area contributed by atoms with E-state index in [9.17, 15) is 9.59 Å². The Morgan fingerprint density at radius 1 is 0.926 bits per heavy atom. The second kappa shape index (κ2) is 7.72. The molecule has 0 saturated carbocycles. The Kier molecular flexibility index (Phi) is 4.98. The van der Waals surface area contributed by atoms with Gasteiger partial charge in [0.05, 0.1) is 21.1 Å². The van der Waals surface area contributed by atoms with Crippen LogP contribution in [0.15, 0.2) is 66.7 Å². The van der Waals surface area contributed by atoms with Gasteiger partial charge < -0.3 is 0 Å². The van der Waals surface area contributed by atoms with Gasteiger partial charge in [-0.3, -0.25) is 20.4 Å². The van der Waals surface area contributed by atoms with Gasteiger partial charge in [-0.1, -0.05) is 42.5 Å². The number of hydrogen-bond donors (Lipinski definition) is 2. The van der Waals surface area contributed by atoms with Crippen molar-refractivity contribution < 1.29 is 9.59 Å². The maximum Gasteiger partial charge on any atom is 0.269 e. The predicted molar refractivity (Wildman–Crippen MR) is 106 cm³/mol. The number of aromatic nitrogens is 1. The first kappa shape index (κ1) is 17.4. The molecule has 0 fully saturated rings. The van der Waals surface area contributed by atoms with E-state index in [0.717, 1.165) is 21.6 Å². The summed E-state index contributed by atoms with van der Waals surface area (Å²) in [6.45, 7) is 0. The number of carbonyl (C=O) groups is 2. The number of thiazole rings is 1. The lowest BCUT2D eigenvalue weighted by Gasteiger charge is -2.26. The summed E-state index contributed by atoms with van der Waals surface area (Å²) in [5, 5.41) is 0.968. The first-order chi connectivity index (χ1) is 13.2. The molecule has 2 N–H and O–H groups in total. The molecule has 6 heteroatoms. The number of allylic oxidation sites excluding steroid dienone is 2. The first-order valence-electron chi connectivity index (χ1n) is 8.88. The average Bonchev–Trinajstić information content (AvgIpc) is 3.16. The van der Waals surface area contributed by atoms with E-state index in [4.69, 9.17) is 4.98 Å². The van der Waals surface area contributed by atoms with E-state index in [1.165, 1.54) is 0 Å². The topological polar surface area (TPSA) is 71.1 Å². The maximum absolute atomic E-state index is 12.7. The van der Waals surface area contributed by atoms with Crippen molar-refractivity contribution in [2.24, 2.45) is 5.92 Å². The van der Waals surface area contributed by atoms with E-state index < -0.39 is 0 Å². The van der Waals surface area contributed by atoms with E-state index in [1.54, 1.807) is 35.6 Å². The molecule has 3 aromatic rings. The molecule has 1 heterocycles. The fourth-order valence-electron chi connectivity index (χ4n) is 3.30. The lowest BCUT2D eigenvalue weighted by atomic mass is 9.83. The number of hydrazine groups is 1. The quantitative estimate of drug-likeness (QED) is 0.539. The first-order valence-corrected chi connectivity index (χ1v) is 9.70. The zero-order valence-corrected chi connectivity index (χ0v) is 15.4. The molecular formula is C21H19N3O2S. The van der Waals surface area contributed by atoms with Crippen molar-refractivity contribution >= 4 is 33.4 Å². The molecule has 5 nitrogen and oxygen atoms in total. The lowest BCUT2D eigenvalue weighted by Crippen LogP contribution is -2.46.